The number of rotatable bonds is 5. The van der Waals surface area contributed by atoms with Crippen molar-refractivity contribution in [1.82, 2.24) is 10.2 Å². The van der Waals surface area contributed by atoms with E-state index in [4.69, 9.17) is 5.11 Å². The number of carbonyl (C=O) groups is 3. The fourth-order valence-corrected chi connectivity index (χ4v) is 2.73. The van der Waals surface area contributed by atoms with Crippen LogP contribution in [0.2, 0.25) is 0 Å². The van der Waals surface area contributed by atoms with Gasteiger partial charge in [-0.1, -0.05) is 0 Å². The van der Waals surface area contributed by atoms with Crippen LogP contribution in [0.3, 0.4) is 0 Å². The highest BCUT2D eigenvalue weighted by Crippen LogP contribution is 2.37. The first-order chi connectivity index (χ1) is 12.1. The summed E-state index contributed by atoms with van der Waals surface area (Å²) < 4.78 is 51.5. The summed E-state index contributed by atoms with van der Waals surface area (Å²) >= 11 is 0. The minimum Gasteiger partial charge on any atom is -0.481 e. The van der Waals surface area contributed by atoms with E-state index in [1.165, 1.54) is 12.1 Å². The average molecular weight is 376 g/mol. The van der Waals surface area contributed by atoms with Crippen molar-refractivity contribution in [2.75, 3.05) is 19.6 Å². The molecule has 6 nitrogen and oxygen atoms in total. The van der Waals surface area contributed by atoms with Gasteiger partial charge < -0.3 is 15.3 Å². The third-order valence-corrected chi connectivity index (χ3v) is 4.14. The molecule has 1 aliphatic heterocycles. The van der Waals surface area contributed by atoms with E-state index in [0.717, 1.165) is 17.0 Å². The third-order valence-electron chi connectivity index (χ3n) is 4.14. The number of carboxylic acid groups (broad SMARTS) is 1. The van der Waals surface area contributed by atoms with E-state index < -0.39 is 54.7 Å². The molecule has 1 fully saturated rings. The number of halogens is 4. The largest absolute Gasteiger partial charge is 0.481 e. The van der Waals surface area contributed by atoms with Gasteiger partial charge in [0, 0.05) is 31.6 Å². The molecule has 2 atom stereocenters. The molecule has 0 unspecified atom stereocenters. The first-order valence-corrected chi connectivity index (χ1v) is 7.70. The fraction of sp³-hybridized carbons (Fsp3) is 0.438. The van der Waals surface area contributed by atoms with Gasteiger partial charge in [-0.3, -0.25) is 14.4 Å². The van der Waals surface area contributed by atoms with Crippen LogP contribution in [0.4, 0.5) is 17.6 Å². The minimum atomic E-state index is -4.71. The maximum atomic E-state index is 12.9. The Kier molecular flexibility index (Phi) is 5.83. The lowest BCUT2D eigenvalue weighted by atomic mass is 9.96. The summed E-state index contributed by atoms with van der Waals surface area (Å²) in [6, 6.07) is 4.68. The Morgan fingerprint density at radius 3 is 2.27 bits per heavy atom. The number of alkyl halides is 3. The van der Waals surface area contributed by atoms with Crippen LogP contribution in [0, 0.1) is 17.7 Å². The van der Waals surface area contributed by atoms with Crippen LogP contribution in [0.1, 0.15) is 16.8 Å². The lowest BCUT2D eigenvalue weighted by Crippen LogP contribution is -2.35. The molecule has 0 aliphatic carbocycles. The van der Waals surface area contributed by atoms with Gasteiger partial charge >= 0.3 is 12.1 Å². The molecule has 2 N–H and O–H groups in total. The van der Waals surface area contributed by atoms with Crippen LogP contribution >= 0.6 is 0 Å². The Labute approximate surface area is 145 Å². The molecule has 0 spiro atoms. The maximum absolute atomic E-state index is 12.9. The van der Waals surface area contributed by atoms with Crippen LogP contribution in [0.25, 0.3) is 0 Å². The van der Waals surface area contributed by atoms with Crippen molar-refractivity contribution in [2.24, 2.45) is 11.8 Å². The molecule has 1 aromatic rings. The number of hydrogen-bond acceptors (Lipinski definition) is 3. The number of nitrogens with one attached hydrogen (secondary N) is 1. The second-order valence-corrected chi connectivity index (χ2v) is 5.90. The summed E-state index contributed by atoms with van der Waals surface area (Å²) in [6.45, 7) is -1.38. The van der Waals surface area contributed by atoms with E-state index in [1.54, 1.807) is 0 Å². The number of hydrogen-bond donors (Lipinski definition) is 2. The Bertz CT molecular complexity index is 690. The van der Waals surface area contributed by atoms with Gasteiger partial charge in [0.15, 0.2) is 0 Å². The van der Waals surface area contributed by atoms with E-state index in [2.05, 4.69) is 5.32 Å². The molecule has 2 rings (SSSR count). The van der Waals surface area contributed by atoms with E-state index in [-0.39, 0.29) is 18.5 Å². The van der Waals surface area contributed by atoms with Crippen molar-refractivity contribution in [2.45, 2.75) is 12.6 Å². The van der Waals surface area contributed by atoms with E-state index in [9.17, 15) is 31.9 Å². The molecule has 0 radical (unpaired) electrons. The lowest BCUT2D eigenvalue weighted by molar-refractivity contribution is -0.188. The monoisotopic (exact) mass is 376 g/mol. The number of carbonyl (C=O) groups excluding carboxylic acids is 2. The Hall–Kier alpha value is -2.65. The zero-order valence-electron chi connectivity index (χ0n) is 13.4. The number of amides is 2. The van der Waals surface area contributed by atoms with Crippen molar-refractivity contribution in [3.63, 3.8) is 0 Å². The summed E-state index contributed by atoms with van der Waals surface area (Å²) in [7, 11) is 0. The van der Waals surface area contributed by atoms with Gasteiger partial charge in [0.1, 0.15) is 5.82 Å². The third kappa shape index (κ3) is 4.70. The van der Waals surface area contributed by atoms with Crippen LogP contribution in [0.15, 0.2) is 24.3 Å². The van der Waals surface area contributed by atoms with Gasteiger partial charge in [-0.15, -0.1) is 0 Å². The van der Waals surface area contributed by atoms with Crippen molar-refractivity contribution >= 4 is 17.8 Å². The van der Waals surface area contributed by atoms with Crippen molar-refractivity contribution < 1.29 is 37.1 Å². The van der Waals surface area contributed by atoms with Crippen molar-refractivity contribution in [1.29, 1.82) is 0 Å². The molecule has 1 heterocycles. The number of nitrogens with zero attached hydrogens (tertiary/aromatic N) is 1. The molecule has 0 bridgehead atoms. The van der Waals surface area contributed by atoms with Gasteiger partial charge in [-0.2, -0.15) is 13.2 Å². The van der Waals surface area contributed by atoms with E-state index in [0.29, 0.717) is 0 Å². The second-order valence-electron chi connectivity index (χ2n) is 5.90. The normalized spacial score (nSPS) is 20.1. The van der Waals surface area contributed by atoms with Crippen LogP contribution < -0.4 is 5.32 Å². The van der Waals surface area contributed by atoms with Crippen molar-refractivity contribution in [3.8, 4) is 0 Å². The molecule has 2 amide bonds. The minimum absolute atomic E-state index is 0.139. The molecule has 0 saturated carbocycles. The summed E-state index contributed by atoms with van der Waals surface area (Å²) in [4.78, 5) is 35.6. The topological polar surface area (TPSA) is 86.7 Å². The molecule has 0 aromatic heterocycles. The summed E-state index contributed by atoms with van der Waals surface area (Å²) in [6.07, 6.45) is -4.99. The summed E-state index contributed by atoms with van der Waals surface area (Å²) in [5, 5.41) is 11.3. The standard InChI is InChI=1S/C16H16F4N2O4/c17-10-3-1-9(2-4-10)14(24)21-6-5-13(23)22-7-11(15(25)26)12(8-22)16(18,19)20/h1-4,11-12H,5-8H2,(H,21,24)(H,25,26)/t11-,12-/m1/s1. The smallest absolute Gasteiger partial charge is 0.394 e. The quantitative estimate of drug-likeness (QED) is 0.766. The van der Waals surface area contributed by atoms with Gasteiger partial charge in [0.05, 0.1) is 11.8 Å². The maximum Gasteiger partial charge on any atom is 0.394 e. The molecular weight excluding hydrogens is 360 g/mol. The highest BCUT2D eigenvalue weighted by atomic mass is 19.4. The predicted molar refractivity (Wildman–Crippen MR) is 80.6 cm³/mol. The predicted octanol–water partition coefficient (Wildman–Crippen LogP) is 1.67. The van der Waals surface area contributed by atoms with Crippen LogP contribution in [-0.2, 0) is 9.59 Å². The van der Waals surface area contributed by atoms with Crippen LogP contribution in [0.5, 0.6) is 0 Å². The zero-order valence-corrected chi connectivity index (χ0v) is 13.4. The molecule has 26 heavy (non-hydrogen) atoms. The fourth-order valence-electron chi connectivity index (χ4n) is 2.73. The highest BCUT2D eigenvalue weighted by Gasteiger charge is 2.53. The van der Waals surface area contributed by atoms with E-state index in [1.807, 2.05) is 0 Å². The summed E-state index contributed by atoms with van der Waals surface area (Å²) in [5.74, 6) is -7.17. The van der Waals surface area contributed by atoms with Gasteiger partial charge in [-0.25, -0.2) is 4.39 Å². The first kappa shape index (κ1) is 19.7. The lowest BCUT2D eigenvalue weighted by Gasteiger charge is -2.18. The SMILES string of the molecule is O=C(NCCC(=O)N1C[C@@H](C(F)(F)F)[C@H](C(=O)O)C1)c1ccc(F)cc1. The number of aliphatic carboxylic acids is 1. The Morgan fingerprint density at radius 1 is 1.15 bits per heavy atom. The highest BCUT2D eigenvalue weighted by molar-refractivity contribution is 5.94. The zero-order chi connectivity index (χ0) is 19.5. The second kappa shape index (κ2) is 7.71. The first-order valence-electron chi connectivity index (χ1n) is 7.70. The Morgan fingerprint density at radius 2 is 1.77 bits per heavy atom. The van der Waals surface area contributed by atoms with Gasteiger partial charge in [-0.05, 0) is 24.3 Å². The van der Waals surface area contributed by atoms with Crippen LogP contribution in [-0.4, -0.2) is 53.6 Å². The Balaban J connectivity index is 1.87. The number of carboxylic acids is 1. The van der Waals surface area contributed by atoms with Gasteiger partial charge in [0.25, 0.3) is 5.91 Å². The molecule has 1 saturated heterocycles. The average Bonchev–Trinajstić information content (AvgIpc) is 3.01. The van der Waals surface area contributed by atoms with Crippen molar-refractivity contribution in [3.05, 3.63) is 35.6 Å². The molecule has 1 aromatic carbocycles. The summed E-state index contributed by atoms with van der Waals surface area (Å²) in [5.41, 5.74) is 0.170. The van der Waals surface area contributed by atoms with Gasteiger partial charge in [0.2, 0.25) is 5.91 Å². The molecular formula is C16H16F4N2O4. The van der Waals surface area contributed by atoms with E-state index >= 15 is 0 Å². The number of likely N-dealkylation sites (tertiary alicyclic amines) is 1. The number of benzene rings is 1. The molecule has 10 heteroatoms. The molecule has 142 valence electrons. The molecule has 1 aliphatic rings.